The Hall–Kier alpha value is -3.68. The van der Waals surface area contributed by atoms with Crippen LogP contribution in [0, 0.1) is 0 Å². The first-order valence-electron chi connectivity index (χ1n) is 7.99. The minimum absolute atomic E-state index is 0.0489. The Morgan fingerprint density at radius 2 is 1.52 bits per heavy atom. The van der Waals surface area contributed by atoms with E-state index < -0.39 is 30.3 Å². The van der Waals surface area contributed by atoms with Crippen molar-refractivity contribution in [3.63, 3.8) is 0 Å². The summed E-state index contributed by atoms with van der Waals surface area (Å²) >= 11 is 0. The number of carbonyl (C=O) groups excluding carboxylic acids is 4. The molecule has 0 spiro atoms. The number of rotatable bonds is 8. The molecule has 0 atom stereocenters. The van der Waals surface area contributed by atoms with Gasteiger partial charge in [-0.05, 0) is 29.8 Å². The number of ether oxygens (including phenoxy) is 2. The first-order chi connectivity index (χ1) is 12.9. The van der Waals surface area contributed by atoms with Crippen LogP contribution < -0.4 is 15.8 Å². The molecule has 0 heterocycles. The van der Waals surface area contributed by atoms with Gasteiger partial charge in [0, 0.05) is 0 Å². The van der Waals surface area contributed by atoms with Crippen LogP contribution in [0.1, 0.15) is 15.9 Å². The van der Waals surface area contributed by atoms with Gasteiger partial charge in [-0.3, -0.25) is 19.7 Å². The summed E-state index contributed by atoms with van der Waals surface area (Å²) in [6, 6.07) is 14.7. The molecule has 3 N–H and O–H groups in total. The summed E-state index contributed by atoms with van der Waals surface area (Å²) in [6.07, 6.45) is 0.0489. The second kappa shape index (κ2) is 9.71. The van der Waals surface area contributed by atoms with Crippen LogP contribution in [-0.2, 0) is 25.5 Å². The minimum atomic E-state index is -0.734. The smallest absolute Gasteiger partial charge is 0.338 e. The predicted octanol–water partition coefficient (Wildman–Crippen LogP) is 0.593. The van der Waals surface area contributed by atoms with E-state index in [1.54, 1.807) is 24.3 Å². The normalized spacial score (nSPS) is 9.93. The summed E-state index contributed by atoms with van der Waals surface area (Å²) in [5, 5.41) is 2.15. The van der Waals surface area contributed by atoms with Crippen LogP contribution >= 0.6 is 0 Å². The van der Waals surface area contributed by atoms with Crippen molar-refractivity contribution >= 4 is 23.7 Å². The van der Waals surface area contributed by atoms with Gasteiger partial charge in [0.2, 0.25) is 5.91 Å². The number of hydrogen-bond acceptors (Lipinski definition) is 6. The van der Waals surface area contributed by atoms with Crippen LogP contribution in [0.2, 0.25) is 0 Å². The Bertz CT molecular complexity index is 818. The molecule has 0 aliphatic rings. The van der Waals surface area contributed by atoms with Gasteiger partial charge in [0.15, 0.2) is 13.2 Å². The fraction of sp³-hybridized carbons (Fsp3) is 0.158. The summed E-state index contributed by atoms with van der Waals surface area (Å²) in [6.45, 7) is -0.861. The number of imide groups is 1. The maximum absolute atomic E-state index is 11.9. The van der Waals surface area contributed by atoms with E-state index in [2.05, 4.69) is 5.32 Å². The second-order valence-electron chi connectivity index (χ2n) is 5.49. The number of esters is 1. The predicted molar refractivity (Wildman–Crippen MR) is 94.7 cm³/mol. The van der Waals surface area contributed by atoms with E-state index in [4.69, 9.17) is 15.2 Å². The molecule has 0 radical (unpaired) electrons. The van der Waals surface area contributed by atoms with Crippen LogP contribution in [0.15, 0.2) is 54.6 Å². The lowest BCUT2D eigenvalue weighted by atomic mass is 10.1. The Kier molecular flexibility index (Phi) is 7.07. The molecule has 3 amide bonds. The summed E-state index contributed by atoms with van der Waals surface area (Å²) < 4.78 is 9.93. The van der Waals surface area contributed by atoms with Gasteiger partial charge in [-0.1, -0.05) is 30.3 Å². The first-order valence-corrected chi connectivity index (χ1v) is 7.99. The number of hydrogen-bond donors (Lipinski definition) is 2. The molecule has 0 aliphatic carbocycles. The van der Waals surface area contributed by atoms with Crippen molar-refractivity contribution < 1.29 is 28.7 Å². The summed E-state index contributed by atoms with van der Waals surface area (Å²) in [7, 11) is 0. The molecule has 8 heteroatoms. The van der Waals surface area contributed by atoms with E-state index in [9.17, 15) is 19.2 Å². The van der Waals surface area contributed by atoms with E-state index in [0.717, 1.165) is 5.56 Å². The lowest BCUT2D eigenvalue weighted by molar-refractivity contribution is -0.132. The Balaban J connectivity index is 1.76. The molecule has 0 unspecified atom stereocenters. The van der Waals surface area contributed by atoms with Gasteiger partial charge in [0.1, 0.15) is 5.75 Å². The topological polar surface area (TPSA) is 125 Å². The van der Waals surface area contributed by atoms with E-state index in [-0.39, 0.29) is 18.6 Å². The lowest BCUT2D eigenvalue weighted by Crippen LogP contribution is -2.35. The third kappa shape index (κ3) is 6.99. The molecule has 2 aromatic rings. The van der Waals surface area contributed by atoms with Crippen LogP contribution in [0.4, 0.5) is 0 Å². The van der Waals surface area contributed by atoms with Crippen molar-refractivity contribution in [1.82, 2.24) is 5.32 Å². The second-order valence-corrected chi connectivity index (χ2v) is 5.49. The Morgan fingerprint density at radius 3 is 2.15 bits per heavy atom. The van der Waals surface area contributed by atoms with Gasteiger partial charge in [-0.2, -0.15) is 0 Å². The summed E-state index contributed by atoms with van der Waals surface area (Å²) in [4.78, 5) is 46.0. The number of nitrogens with one attached hydrogen (secondary N) is 1. The van der Waals surface area contributed by atoms with Crippen molar-refractivity contribution in [3.05, 3.63) is 65.7 Å². The third-order valence-electron chi connectivity index (χ3n) is 3.29. The number of primary amides is 1. The fourth-order valence-corrected chi connectivity index (χ4v) is 2.07. The van der Waals surface area contributed by atoms with Crippen molar-refractivity contribution in [2.24, 2.45) is 5.73 Å². The molecular formula is C19H18N2O6. The standard InChI is InChI=1S/C19H18N2O6/c20-16(22)11-26-15-8-6-14(7-9-15)19(25)27-12-18(24)21-17(23)10-13-4-2-1-3-5-13/h1-9H,10-12H2,(H2,20,22)(H,21,23,24). The Labute approximate surface area is 155 Å². The van der Waals surface area contributed by atoms with Crippen molar-refractivity contribution in [2.45, 2.75) is 6.42 Å². The summed E-state index contributed by atoms with van der Waals surface area (Å²) in [5.41, 5.74) is 5.91. The highest BCUT2D eigenvalue weighted by Gasteiger charge is 2.13. The monoisotopic (exact) mass is 370 g/mol. The zero-order chi connectivity index (χ0) is 19.6. The van der Waals surface area contributed by atoms with Gasteiger partial charge < -0.3 is 15.2 Å². The van der Waals surface area contributed by atoms with Crippen molar-refractivity contribution in [3.8, 4) is 5.75 Å². The molecule has 2 aromatic carbocycles. The highest BCUT2D eigenvalue weighted by Crippen LogP contribution is 2.12. The maximum atomic E-state index is 11.9. The van der Waals surface area contributed by atoms with Crippen LogP contribution in [0.3, 0.4) is 0 Å². The van der Waals surface area contributed by atoms with Crippen LogP contribution in [0.25, 0.3) is 0 Å². The fourth-order valence-electron chi connectivity index (χ4n) is 2.07. The van der Waals surface area contributed by atoms with Gasteiger partial charge >= 0.3 is 5.97 Å². The molecule has 2 rings (SSSR count). The molecular weight excluding hydrogens is 352 g/mol. The first kappa shape index (κ1) is 19.6. The number of amides is 3. The van der Waals surface area contributed by atoms with Crippen molar-refractivity contribution in [2.75, 3.05) is 13.2 Å². The number of benzene rings is 2. The zero-order valence-corrected chi connectivity index (χ0v) is 14.3. The van der Waals surface area contributed by atoms with Gasteiger partial charge in [0.25, 0.3) is 11.8 Å². The van der Waals surface area contributed by atoms with E-state index in [1.807, 2.05) is 6.07 Å². The van der Waals surface area contributed by atoms with Crippen molar-refractivity contribution in [1.29, 1.82) is 0 Å². The zero-order valence-electron chi connectivity index (χ0n) is 14.3. The average molecular weight is 370 g/mol. The molecule has 0 saturated heterocycles. The molecule has 0 aromatic heterocycles. The average Bonchev–Trinajstić information content (AvgIpc) is 2.65. The van der Waals surface area contributed by atoms with Gasteiger partial charge in [-0.25, -0.2) is 4.79 Å². The molecule has 0 aliphatic heterocycles. The van der Waals surface area contributed by atoms with E-state index in [1.165, 1.54) is 24.3 Å². The molecule has 8 nitrogen and oxygen atoms in total. The number of nitrogens with two attached hydrogens (primary N) is 1. The summed E-state index contributed by atoms with van der Waals surface area (Å²) in [5.74, 6) is -2.20. The Morgan fingerprint density at radius 1 is 0.852 bits per heavy atom. The van der Waals surface area contributed by atoms with Gasteiger partial charge in [0.05, 0.1) is 12.0 Å². The third-order valence-corrected chi connectivity index (χ3v) is 3.29. The van der Waals surface area contributed by atoms with E-state index in [0.29, 0.717) is 5.75 Å². The minimum Gasteiger partial charge on any atom is -0.484 e. The quantitative estimate of drug-likeness (QED) is 0.656. The molecule has 140 valence electrons. The highest BCUT2D eigenvalue weighted by atomic mass is 16.5. The number of carbonyl (C=O) groups is 4. The molecule has 0 fully saturated rings. The van der Waals surface area contributed by atoms with Crippen LogP contribution in [-0.4, -0.2) is 36.9 Å². The highest BCUT2D eigenvalue weighted by molar-refractivity contribution is 5.98. The SMILES string of the molecule is NC(=O)COc1ccc(C(=O)OCC(=O)NC(=O)Cc2ccccc2)cc1. The van der Waals surface area contributed by atoms with E-state index >= 15 is 0 Å². The molecule has 0 bridgehead atoms. The largest absolute Gasteiger partial charge is 0.484 e. The lowest BCUT2D eigenvalue weighted by Gasteiger charge is -2.07. The molecule has 27 heavy (non-hydrogen) atoms. The van der Waals surface area contributed by atoms with Gasteiger partial charge in [-0.15, -0.1) is 0 Å². The van der Waals surface area contributed by atoms with Crippen LogP contribution in [0.5, 0.6) is 5.75 Å². The maximum Gasteiger partial charge on any atom is 0.338 e. The molecule has 0 saturated carbocycles.